The van der Waals surface area contributed by atoms with Gasteiger partial charge in [0.05, 0.1) is 11.6 Å². The summed E-state index contributed by atoms with van der Waals surface area (Å²) in [6.45, 7) is 3.82. The number of nitrogens with one attached hydrogen (secondary N) is 3. The summed E-state index contributed by atoms with van der Waals surface area (Å²) in [4.78, 5) is 24.9. The van der Waals surface area contributed by atoms with Crippen LogP contribution in [-0.4, -0.2) is 11.9 Å². The van der Waals surface area contributed by atoms with E-state index in [1.165, 1.54) is 5.56 Å². The first-order valence-corrected chi connectivity index (χ1v) is 9.21. The monoisotopic (exact) mass is 413 g/mol. The highest BCUT2D eigenvalue weighted by atomic mass is 79.9. The van der Waals surface area contributed by atoms with Crippen molar-refractivity contribution in [3.8, 4) is 0 Å². The van der Waals surface area contributed by atoms with Crippen molar-refractivity contribution in [1.29, 1.82) is 0 Å². The van der Waals surface area contributed by atoms with Crippen LogP contribution >= 0.6 is 15.9 Å². The molecule has 0 fully saturated rings. The molecule has 0 aromatic heterocycles. The molecule has 0 spiro atoms. The zero-order valence-corrected chi connectivity index (χ0v) is 16.2. The predicted octanol–water partition coefficient (Wildman–Crippen LogP) is 4.28. The van der Waals surface area contributed by atoms with E-state index in [4.69, 9.17) is 0 Å². The molecule has 0 bridgehead atoms. The van der Waals surface area contributed by atoms with Crippen LogP contribution < -0.4 is 16.0 Å². The molecule has 1 heterocycles. The van der Waals surface area contributed by atoms with E-state index in [2.05, 4.69) is 38.8 Å². The van der Waals surface area contributed by atoms with E-state index >= 15 is 0 Å². The van der Waals surface area contributed by atoms with Gasteiger partial charge in [-0.1, -0.05) is 47.1 Å². The second kappa shape index (κ2) is 7.74. The van der Waals surface area contributed by atoms with Crippen LogP contribution in [0.25, 0.3) is 0 Å². The topological polar surface area (TPSA) is 70.2 Å². The Kier molecular flexibility index (Phi) is 5.42. The summed E-state index contributed by atoms with van der Waals surface area (Å²) in [6.07, 6.45) is 0.935. The molecule has 2 aromatic carbocycles. The number of amides is 3. The number of hydrogen-bond acceptors (Lipinski definition) is 2. The van der Waals surface area contributed by atoms with Crippen molar-refractivity contribution in [3.05, 3.63) is 75.4 Å². The number of allylic oxidation sites excluding steroid dienone is 1. The first-order valence-electron chi connectivity index (χ1n) is 8.42. The number of benzene rings is 2. The predicted molar refractivity (Wildman–Crippen MR) is 106 cm³/mol. The lowest BCUT2D eigenvalue weighted by molar-refractivity contribution is -0.113. The van der Waals surface area contributed by atoms with Crippen LogP contribution in [0.3, 0.4) is 0 Å². The summed E-state index contributed by atoms with van der Waals surface area (Å²) in [5, 5.41) is 8.44. The number of rotatable bonds is 4. The third-order valence-electron chi connectivity index (χ3n) is 4.34. The zero-order valence-electron chi connectivity index (χ0n) is 14.6. The molecule has 1 atom stereocenters. The zero-order chi connectivity index (χ0) is 18.7. The molecule has 26 heavy (non-hydrogen) atoms. The summed E-state index contributed by atoms with van der Waals surface area (Å²) in [6, 6.07) is 14.5. The molecule has 3 N–H and O–H groups in total. The normalized spacial score (nSPS) is 16.7. The third kappa shape index (κ3) is 3.96. The number of carbonyl (C=O) groups is 2. The Morgan fingerprint density at radius 3 is 2.38 bits per heavy atom. The number of halogens is 1. The summed E-state index contributed by atoms with van der Waals surface area (Å²) < 4.78 is 0.936. The summed E-state index contributed by atoms with van der Waals surface area (Å²) >= 11 is 3.38. The van der Waals surface area contributed by atoms with Crippen molar-refractivity contribution in [3.63, 3.8) is 0 Å². The molecular formula is C20H20BrN3O2. The number of carbonyl (C=O) groups excluding carboxylic acids is 2. The smallest absolute Gasteiger partial charge is 0.319 e. The quantitative estimate of drug-likeness (QED) is 0.699. The Morgan fingerprint density at radius 1 is 1.12 bits per heavy atom. The fourth-order valence-corrected chi connectivity index (χ4v) is 3.19. The molecule has 1 aliphatic heterocycles. The van der Waals surface area contributed by atoms with Crippen molar-refractivity contribution >= 4 is 33.6 Å². The van der Waals surface area contributed by atoms with Gasteiger partial charge >= 0.3 is 6.03 Å². The van der Waals surface area contributed by atoms with Crippen LogP contribution in [0.2, 0.25) is 0 Å². The maximum absolute atomic E-state index is 12.9. The lowest BCUT2D eigenvalue weighted by atomic mass is 9.94. The van der Waals surface area contributed by atoms with Gasteiger partial charge < -0.3 is 16.0 Å². The molecule has 2 aromatic rings. The maximum Gasteiger partial charge on any atom is 0.319 e. The van der Waals surface area contributed by atoms with Gasteiger partial charge in [-0.25, -0.2) is 4.79 Å². The van der Waals surface area contributed by atoms with Gasteiger partial charge in [0.25, 0.3) is 5.91 Å². The van der Waals surface area contributed by atoms with E-state index in [-0.39, 0.29) is 11.9 Å². The van der Waals surface area contributed by atoms with E-state index in [9.17, 15) is 9.59 Å². The second-order valence-corrected chi connectivity index (χ2v) is 7.04. The van der Waals surface area contributed by atoms with Crippen molar-refractivity contribution in [2.24, 2.45) is 0 Å². The molecule has 5 nitrogen and oxygen atoms in total. The minimum absolute atomic E-state index is 0.248. The molecular weight excluding hydrogens is 394 g/mol. The van der Waals surface area contributed by atoms with Gasteiger partial charge in [-0.05, 0) is 48.7 Å². The standard InChI is InChI=1S/C20H20BrN3O2/c1-3-13-4-6-14(7-5-13)18-17(12(2)22-20(26)24-18)19(25)23-16-10-8-15(21)9-11-16/h4-11,18H,3H2,1-2H3,(H,23,25)(H2,22,24,26). The summed E-state index contributed by atoms with van der Waals surface area (Å²) in [7, 11) is 0. The number of urea groups is 1. The number of aryl methyl sites for hydroxylation is 1. The summed E-state index contributed by atoms with van der Waals surface area (Å²) in [5.74, 6) is -0.248. The van der Waals surface area contributed by atoms with Crippen molar-refractivity contribution in [2.75, 3.05) is 5.32 Å². The van der Waals surface area contributed by atoms with Gasteiger partial charge in [-0.15, -0.1) is 0 Å². The van der Waals surface area contributed by atoms with Crippen molar-refractivity contribution in [2.45, 2.75) is 26.3 Å². The first-order chi connectivity index (χ1) is 12.5. The van der Waals surface area contributed by atoms with Crippen LogP contribution in [0.15, 0.2) is 64.3 Å². The molecule has 3 amide bonds. The summed E-state index contributed by atoms with van der Waals surface area (Å²) in [5.41, 5.74) is 3.81. The fraction of sp³-hybridized carbons (Fsp3) is 0.200. The second-order valence-electron chi connectivity index (χ2n) is 6.13. The Balaban J connectivity index is 1.91. The molecule has 1 aliphatic rings. The van der Waals surface area contributed by atoms with Crippen LogP contribution in [0.1, 0.15) is 31.0 Å². The Labute approximate surface area is 161 Å². The number of anilines is 1. The first kappa shape index (κ1) is 18.2. The Hall–Kier alpha value is -2.60. The van der Waals surface area contributed by atoms with Gasteiger partial charge in [0.15, 0.2) is 0 Å². The minimum atomic E-state index is -0.495. The van der Waals surface area contributed by atoms with E-state index in [1.54, 1.807) is 6.92 Å². The molecule has 0 saturated heterocycles. The van der Waals surface area contributed by atoms with E-state index in [0.717, 1.165) is 16.5 Å². The average molecular weight is 414 g/mol. The molecule has 134 valence electrons. The molecule has 3 rings (SSSR count). The lowest BCUT2D eigenvalue weighted by Crippen LogP contribution is -2.45. The van der Waals surface area contributed by atoms with Crippen LogP contribution in [0, 0.1) is 0 Å². The van der Waals surface area contributed by atoms with Gasteiger partial charge in [-0.2, -0.15) is 0 Å². The SMILES string of the molecule is CCc1ccc(C2NC(=O)NC(C)=C2C(=O)Nc2ccc(Br)cc2)cc1. The van der Waals surface area contributed by atoms with Crippen molar-refractivity contribution in [1.82, 2.24) is 10.6 Å². The average Bonchev–Trinajstić information content (AvgIpc) is 2.63. The largest absolute Gasteiger partial charge is 0.327 e. The highest BCUT2D eigenvalue weighted by molar-refractivity contribution is 9.10. The van der Waals surface area contributed by atoms with E-state index < -0.39 is 6.04 Å². The van der Waals surface area contributed by atoms with Gasteiger partial charge in [0.1, 0.15) is 0 Å². The molecule has 1 unspecified atom stereocenters. The lowest BCUT2D eigenvalue weighted by Gasteiger charge is -2.28. The molecule has 0 aliphatic carbocycles. The van der Waals surface area contributed by atoms with Gasteiger partial charge in [0.2, 0.25) is 0 Å². The fourth-order valence-electron chi connectivity index (χ4n) is 2.92. The number of hydrogen-bond donors (Lipinski definition) is 3. The van der Waals surface area contributed by atoms with E-state index in [1.807, 2.05) is 48.5 Å². The Bertz CT molecular complexity index is 858. The third-order valence-corrected chi connectivity index (χ3v) is 4.87. The van der Waals surface area contributed by atoms with Crippen molar-refractivity contribution < 1.29 is 9.59 Å². The minimum Gasteiger partial charge on any atom is -0.327 e. The van der Waals surface area contributed by atoms with Crippen LogP contribution in [0.5, 0.6) is 0 Å². The molecule has 0 radical (unpaired) electrons. The molecule has 6 heteroatoms. The Morgan fingerprint density at radius 2 is 1.77 bits per heavy atom. The highest BCUT2D eigenvalue weighted by Gasteiger charge is 2.31. The molecule has 0 saturated carbocycles. The maximum atomic E-state index is 12.9. The van der Waals surface area contributed by atoms with Gasteiger partial charge in [0, 0.05) is 15.9 Å². The highest BCUT2D eigenvalue weighted by Crippen LogP contribution is 2.28. The van der Waals surface area contributed by atoms with E-state index in [0.29, 0.717) is 17.0 Å². The van der Waals surface area contributed by atoms with Gasteiger partial charge in [-0.3, -0.25) is 4.79 Å². The van der Waals surface area contributed by atoms with Crippen LogP contribution in [-0.2, 0) is 11.2 Å². The van der Waals surface area contributed by atoms with Crippen LogP contribution in [0.4, 0.5) is 10.5 Å².